The Morgan fingerprint density at radius 3 is 2.55 bits per heavy atom. The highest BCUT2D eigenvalue weighted by molar-refractivity contribution is 5.03. The molecule has 0 saturated heterocycles. The fourth-order valence-corrected chi connectivity index (χ4v) is 1.42. The summed E-state index contributed by atoms with van der Waals surface area (Å²) in [5, 5.41) is 0. The lowest BCUT2D eigenvalue weighted by molar-refractivity contribution is -0.0298. The van der Waals surface area contributed by atoms with Crippen LogP contribution in [0.2, 0.25) is 0 Å². The van der Waals surface area contributed by atoms with Crippen LogP contribution in [0.1, 0.15) is 6.42 Å². The van der Waals surface area contributed by atoms with E-state index in [9.17, 15) is 0 Å². The minimum atomic E-state index is 0.194. The SMILES string of the molecule is C1=CC(C2CC=CCO2)OC1. The van der Waals surface area contributed by atoms with Gasteiger partial charge in [0, 0.05) is 0 Å². The maximum absolute atomic E-state index is 5.50. The third-order valence-corrected chi connectivity index (χ3v) is 2.02. The van der Waals surface area contributed by atoms with E-state index in [1.165, 1.54) is 0 Å². The second kappa shape index (κ2) is 3.20. The summed E-state index contributed by atoms with van der Waals surface area (Å²) in [5.74, 6) is 0. The Hall–Kier alpha value is -0.600. The molecule has 0 aliphatic carbocycles. The van der Waals surface area contributed by atoms with Gasteiger partial charge in [0.2, 0.25) is 0 Å². The third kappa shape index (κ3) is 1.52. The molecule has 2 unspecified atom stereocenters. The van der Waals surface area contributed by atoms with E-state index in [1.54, 1.807) is 0 Å². The molecule has 0 spiro atoms. The zero-order chi connectivity index (χ0) is 7.52. The van der Waals surface area contributed by atoms with Crippen molar-refractivity contribution < 1.29 is 9.47 Å². The maximum atomic E-state index is 5.50. The number of ether oxygens (including phenoxy) is 2. The zero-order valence-electron chi connectivity index (χ0n) is 6.40. The van der Waals surface area contributed by atoms with E-state index >= 15 is 0 Å². The molecule has 11 heavy (non-hydrogen) atoms. The van der Waals surface area contributed by atoms with Gasteiger partial charge >= 0.3 is 0 Å². The largest absolute Gasteiger partial charge is 0.371 e. The minimum Gasteiger partial charge on any atom is -0.371 e. The molecule has 0 aromatic carbocycles. The molecule has 0 aromatic heterocycles. The summed E-state index contributed by atoms with van der Waals surface area (Å²) < 4.78 is 10.9. The average molecular weight is 152 g/mol. The Bertz CT molecular complexity index is 184. The minimum absolute atomic E-state index is 0.194. The van der Waals surface area contributed by atoms with Crippen molar-refractivity contribution >= 4 is 0 Å². The van der Waals surface area contributed by atoms with Gasteiger partial charge in [0.25, 0.3) is 0 Å². The van der Waals surface area contributed by atoms with Gasteiger partial charge in [0.05, 0.1) is 19.3 Å². The lowest BCUT2D eigenvalue weighted by Gasteiger charge is -2.23. The van der Waals surface area contributed by atoms with Crippen molar-refractivity contribution in [2.75, 3.05) is 13.2 Å². The molecule has 0 radical (unpaired) electrons. The smallest absolute Gasteiger partial charge is 0.103 e. The van der Waals surface area contributed by atoms with Crippen LogP contribution in [0.5, 0.6) is 0 Å². The molecule has 2 atom stereocenters. The number of hydrogen-bond acceptors (Lipinski definition) is 2. The van der Waals surface area contributed by atoms with E-state index in [2.05, 4.69) is 18.2 Å². The Morgan fingerprint density at radius 1 is 1.00 bits per heavy atom. The molecule has 0 fully saturated rings. The molecular weight excluding hydrogens is 140 g/mol. The standard InChI is InChI=1S/C9H12O2/c1-2-6-10-8(4-1)9-5-3-7-11-9/h1-3,5,8-9H,4,6-7H2. The van der Waals surface area contributed by atoms with Gasteiger partial charge in [-0.3, -0.25) is 0 Å². The Labute approximate surface area is 66.5 Å². The predicted molar refractivity (Wildman–Crippen MR) is 42.4 cm³/mol. The van der Waals surface area contributed by atoms with Gasteiger partial charge in [-0.1, -0.05) is 24.3 Å². The van der Waals surface area contributed by atoms with Gasteiger partial charge in [-0.2, -0.15) is 0 Å². The van der Waals surface area contributed by atoms with Crippen molar-refractivity contribution in [3.63, 3.8) is 0 Å². The molecule has 0 amide bonds. The molecule has 2 heterocycles. The fourth-order valence-electron chi connectivity index (χ4n) is 1.42. The monoisotopic (exact) mass is 152 g/mol. The molecule has 60 valence electrons. The molecular formula is C9H12O2. The summed E-state index contributed by atoms with van der Waals surface area (Å²) in [7, 11) is 0. The van der Waals surface area contributed by atoms with Crippen LogP contribution < -0.4 is 0 Å². The number of rotatable bonds is 1. The zero-order valence-corrected chi connectivity index (χ0v) is 6.40. The fraction of sp³-hybridized carbons (Fsp3) is 0.556. The van der Waals surface area contributed by atoms with E-state index in [0.717, 1.165) is 19.6 Å². The molecule has 2 heteroatoms. The summed E-state index contributed by atoms with van der Waals surface area (Å²) in [6, 6.07) is 0. The van der Waals surface area contributed by atoms with Crippen LogP contribution in [0, 0.1) is 0 Å². The molecule has 2 aliphatic rings. The summed E-state index contributed by atoms with van der Waals surface area (Å²) in [5.41, 5.74) is 0. The van der Waals surface area contributed by atoms with E-state index in [0.29, 0.717) is 0 Å². The summed E-state index contributed by atoms with van der Waals surface area (Å²) in [4.78, 5) is 0. The highest BCUT2D eigenvalue weighted by Gasteiger charge is 2.22. The lowest BCUT2D eigenvalue weighted by atomic mass is 10.1. The van der Waals surface area contributed by atoms with E-state index < -0.39 is 0 Å². The first-order valence-electron chi connectivity index (χ1n) is 4.02. The summed E-state index contributed by atoms with van der Waals surface area (Å²) in [6.45, 7) is 1.48. The van der Waals surface area contributed by atoms with Crippen LogP contribution >= 0.6 is 0 Å². The molecule has 0 bridgehead atoms. The van der Waals surface area contributed by atoms with Gasteiger partial charge in [-0.05, 0) is 6.42 Å². The van der Waals surface area contributed by atoms with Crippen molar-refractivity contribution in [2.24, 2.45) is 0 Å². The van der Waals surface area contributed by atoms with Crippen LogP contribution in [-0.4, -0.2) is 25.4 Å². The second-order valence-electron chi connectivity index (χ2n) is 2.80. The van der Waals surface area contributed by atoms with Crippen LogP contribution in [0.3, 0.4) is 0 Å². The molecule has 0 N–H and O–H groups in total. The summed E-state index contributed by atoms with van der Waals surface area (Å²) >= 11 is 0. The first-order valence-corrected chi connectivity index (χ1v) is 4.02. The van der Waals surface area contributed by atoms with Gasteiger partial charge in [-0.15, -0.1) is 0 Å². The van der Waals surface area contributed by atoms with E-state index in [4.69, 9.17) is 9.47 Å². The highest BCUT2D eigenvalue weighted by Crippen LogP contribution is 2.17. The Balaban J connectivity index is 1.93. The quantitative estimate of drug-likeness (QED) is 0.527. The van der Waals surface area contributed by atoms with Crippen molar-refractivity contribution in [3.8, 4) is 0 Å². The molecule has 0 saturated carbocycles. The van der Waals surface area contributed by atoms with Crippen molar-refractivity contribution in [3.05, 3.63) is 24.3 Å². The summed E-state index contributed by atoms with van der Waals surface area (Å²) in [6.07, 6.45) is 9.77. The van der Waals surface area contributed by atoms with Crippen molar-refractivity contribution in [1.82, 2.24) is 0 Å². The average Bonchev–Trinajstić information content (AvgIpc) is 2.58. The Morgan fingerprint density at radius 2 is 1.91 bits per heavy atom. The number of hydrogen-bond donors (Lipinski definition) is 0. The van der Waals surface area contributed by atoms with Crippen molar-refractivity contribution in [2.45, 2.75) is 18.6 Å². The molecule has 2 aliphatic heterocycles. The molecule has 2 rings (SSSR count). The predicted octanol–water partition coefficient (Wildman–Crippen LogP) is 1.29. The normalized spacial score (nSPS) is 36.4. The van der Waals surface area contributed by atoms with Gasteiger partial charge < -0.3 is 9.47 Å². The lowest BCUT2D eigenvalue weighted by Crippen LogP contribution is -2.29. The van der Waals surface area contributed by atoms with Crippen LogP contribution in [-0.2, 0) is 9.47 Å². The van der Waals surface area contributed by atoms with E-state index in [1.807, 2.05) is 6.08 Å². The third-order valence-electron chi connectivity index (χ3n) is 2.02. The van der Waals surface area contributed by atoms with Gasteiger partial charge in [0.1, 0.15) is 6.10 Å². The first kappa shape index (κ1) is 7.07. The maximum Gasteiger partial charge on any atom is 0.103 e. The van der Waals surface area contributed by atoms with Crippen LogP contribution in [0.4, 0.5) is 0 Å². The molecule has 0 aromatic rings. The molecule has 2 nitrogen and oxygen atoms in total. The highest BCUT2D eigenvalue weighted by atomic mass is 16.5. The van der Waals surface area contributed by atoms with Crippen LogP contribution in [0.25, 0.3) is 0 Å². The topological polar surface area (TPSA) is 18.5 Å². The van der Waals surface area contributed by atoms with Crippen molar-refractivity contribution in [1.29, 1.82) is 0 Å². The van der Waals surface area contributed by atoms with E-state index in [-0.39, 0.29) is 12.2 Å². The van der Waals surface area contributed by atoms with Crippen LogP contribution in [0.15, 0.2) is 24.3 Å². The van der Waals surface area contributed by atoms with Gasteiger partial charge in [-0.25, -0.2) is 0 Å². The second-order valence-corrected chi connectivity index (χ2v) is 2.80. The Kier molecular flexibility index (Phi) is 2.06. The van der Waals surface area contributed by atoms with Gasteiger partial charge in [0.15, 0.2) is 0 Å². The first-order chi connectivity index (χ1) is 5.47.